The van der Waals surface area contributed by atoms with E-state index in [2.05, 4.69) is 21.2 Å². The van der Waals surface area contributed by atoms with Crippen molar-refractivity contribution in [2.24, 2.45) is 0 Å². The van der Waals surface area contributed by atoms with Crippen molar-refractivity contribution in [1.82, 2.24) is 10.2 Å². The van der Waals surface area contributed by atoms with E-state index in [-0.39, 0.29) is 23.8 Å². The van der Waals surface area contributed by atoms with Crippen LogP contribution < -0.4 is 9.62 Å². The molecule has 1 N–H and O–H groups in total. The van der Waals surface area contributed by atoms with Gasteiger partial charge in [-0.05, 0) is 60.9 Å². The van der Waals surface area contributed by atoms with E-state index in [0.717, 1.165) is 19.9 Å². The van der Waals surface area contributed by atoms with Crippen LogP contribution in [0.15, 0.2) is 119 Å². The first kappa shape index (κ1) is 31.0. The fraction of sp³-hybridized carbons (Fsp3) is 0.212. The lowest BCUT2D eigenvalue weighted by atomic mass is 10.0. The molecule has 0 aliphatic carbocycles. The first-order valence-electron chi connectivity index (χ1n) is 13.7. The summed E-state index contributed by atoms with van der Waals surface area (Å²) in [6.45, 7) is 3.66. The Hall–Kier alpha value is -3.95. The Morgan fingerprint density at radius 2 is 1.40 bits per heavy atom. The number of anilines is 1. The van der Waals surface area contributed by atoms with Crippen LogP contribution in [0.2, 0.25) is 0 Å². The number of benzene rings is 4. The topological polar surface area (TPSA) is 86.8 Å². The summed E-state index contributed by atoms with van der Waals surface area (Å²) < 4.78 is 30.0. The van der Waals surface area contributed by atoms with E-state index >= 15 is 0 Å². The summed E-state index contributed by atoms with van der Waals surface area (Å²) in [4.78, 5) is 29.4. The molecule has 0 aromatic heterocycles. The number of halogens is 1. The molecule has 0 heterocycles. The van der Waals surface area contributed by atoms with Crippen LogP contribution in [-0.2, 0) is 32.6 Å². The number of nitrogens with zero attached hydrogens (tertiary/aromatic N) is 2. The normalized spacial score (nSPS) is 11.9. The van der Waals surface area contributed by atoms with Crippen molar-refractivity contribution in [2.75, 3.05) is 17.4 Å². The minimum atomic E-state index is -4.12. The van der Waals surface area contributed by atoms with Gasteiger partial charge in [0.15, 0.2) is 0 Å². The number of nitrogens with one attached hydrogen (secondary N) is 1. The van der Waals surface area contributed by atoms with Gasteiger partial charge in [-0.15, -0.1) is 0 Å². The van der Waals surface area contributed by atoms with Crippen molar-refractivity contribution in [3.63, 3.8) is 0 Å². The molecule has 0 radical (unpaired) electrons. The van der Waals surface area contributed by atoms with Crippen molar-refractivity contribution in [1.29, 1.82) is 0 Å². The quantitative estimate of drug-likeness (QED) is 0.213. The number of likely N-dealkylation sites (N-methyl/N-ethyl adjacent to an activating group) is 1. The Morgan fingerprint density at radius 3 is 2.02 bits per heavy atom. The van der Waals surface area contributed by atoms with Crippen molar-refractivity contribution in [3.05, 3.63) is 130 Å². The van der Waals surface area contributed by atoms with Crippen molar-refractivity contribution < 1.29 is 18.0 Å². The lowest BCUT2D eigenvalue weighted by molar-refractivity contribution is -0.140. The van der Waals surface area contributed by atoms with Crippen molar-refractivity contribution in [3.8, 4) is 0 Å². The third-order valence-corrected chi connectivity index (χ3v) is 9.19. The highest BCUT2D eigenvalue weighted by molar-refractivity contribution is 9.10. The van der Waals surface area contributed by atoms with E-state index in [4.69, 9.17) is 0 Å². The van der Waals surface area contributed by atoms with Crippen LogP contribution in [0.1, 0.15) is 23.6 Å². The van der Waals surface area contributed by atoms with Crippen molar-refractivity contribution in [2.45, 2.75) is 37.8 Å². The van der Waals surface area contributed by atoms with E-state index in [1.807, 2.05) is 67.6 Å². The summed E-state index contributed by atoms with van der Waals surface area (Å²) in [5.74, 6) is -0.798. The van der Waals surface area contributed by atoms with Crippen LogP contribution in [0.3, 0.4) is 0 Å². The van der Waals surface area contributed by atoms with E-state index in [1.54, 1.807) is 43.3 Å². The standard InChI is InChI=1S/C33H34BrN3O4S/c1-3-35-33(39)31(22-26-13-6-4-7-14-26)36(23-27-18-20-28(34)21-19-27)32(38)24-37(30-17-11-10-12-25(30)2)42(40,41)29-15-8-5-9-16-29/h4-21,31H,3,22-24H2,1-2H3,(H,35,39). The van der Waals surface area contributed by atoms with Gasteiger partial charge in [-0.1, -0.05) is 94.8 Å². The zero-order valence-corrected chi connectivity index (χ0v) is 26.0. The molecule has 0 saturated heterocycles. The number of hydrogen-bond acceptors (Lipinski definition) is 4. The summed E-state index contributed by atoms with van der Waals surface area (Å²) in [5, 5.41) is 2.87. The van der Waals surface area contributed by atoms with Gasteiger partial charge in [0, 0.05) is 24.0 Å². The number of rotatable bonds is 12. The summed E-state index contributed by atoms with van der Waals surface area (Å²) in [5.41, 5.74) is 2.79. The van der Waals surface area contributed by atoms with E-state index in [9.17, 15) is 18.0 Å². The maximum atomic E-state index is 14.4. The Bertz CT molecular complexity index is 1600. The molecule has 1 unspecified atom stereocenters. The molecule has 0 aliphatic heterocycles. The summed E-state index contributed by atoms with van der Waals surface area (Å²) in [6.07, 6.45) is 0.269. The molecule has 7 nitrogen and oxygen atoms in total. The van der Waals surface area contributed by atoms with Gasteiger partial charge in [-0.3, -0.25) is 13.9 Å². The molecule has 1 atom stereocenters. The highest BCUT2D eigenvalue weighted by Gasteiger charge is 2.34. The maximum absolute atomic E-state index is 14.4. The molecule has 2 amide bonds. The predicted octanol–water partition coefficient (Wildman–Crippen LogP) is 5.73. The minimum Gasteiger partial charge on any atom is -0.355 e. The Balaban J connectivity index is 1.79. The summed E-state index contributed by atoms with van der Waals surface area (Å²) in [7, 11) is -4.12. The lowest BCUT2D eigenvalue weighted by Gasteiger charge is -2.34. The van der Waals surface area contributed by atoms with Gasteiger partial charge >= 0.3 is 0 Å². The summed E-state index contributed by atoms with van der Waals surface area (Å²) >= 11 is 3.45. The van der Waals surface area contributed by atoms with Gasteiger partial charge in [-0.25, -0.2) is 8.42 Å². The number of para-hydroxylation sites is 1. The zero-order chi connectivity index (χ0) is 30.1. The molecular weight excluding hydrogens is 614 g/mol. The van der Waals surface area contributed by atoms with Crippen LogP contribution >= 0.6 is 15.9 Å². The average Bonchev–Trinajstić information content (AvgIpc) is 3.00. The molecular formula is C33H34BrN3O4S. The third-order valence-electron chi connectivity index (χ3n) is 6.88. The van der Waals surface area contributed by atoms with Gasteiger partial charge in [0.1, 0.15) is 12.6 Å². The number of hydrogen-bond donors (Lipinski definition) is 1. The van der Waals surface area contributed by atoms with E-state index in [1.165, 1.54) is 17.0 Å². The highest BCUT2D eigenvalue weighted by Crippen LogP contribution is 2.27. The van der Waals surface area contributed by atoms with Crippen LogP contribution in [0.25, 0.3) is 0 Å². The van der Waals surface area contributed by atoms with E-state index in [0.29, 0.717) is 17.8 Å². The van der Waals surface area contributed by atoms with Gasteiger partial charge in [0.05, 0.1) is 10.6 Å². The van der Waals surface area contributed by atoms with Gasteiger partial charge in [0.2, 0.25) is 11.8 Å². The molecule has 0 fully saturated rings. The largest absolute Gasteiger partial charge is 0.355 e. The molecule has 4 aromatic rings. The molecule has 4 rings (SSSR count). The Labute approximate surface area is 256 Å². The fourth-order valence-corrected chi connectivity index (χ4v) is 6.47. The fourth-order valence-electron chi connectivity index (χ4n) is 4.71. The Kier molecular flexibility index (Phi) is 10.5. The van der Waals surface area contributed by atoms with Gasteiger partial charge in [0.25, 0.3) is 10.0 Å². The second-order valence-corrected chi connectivity index (χ2v) is 12.6. The molecule has 42 heavy (non-hydrogen) atoms. The predicted molar refractivity (Wildman–Crippen MR) is 169 cm³/mol. The first-order chi connectivity index (χ1) is 20.2. The lowest BCUT2D eigenvalue weighted by Crippen LogP contribution is -2.53. The number of aryl methyl sites for hydroxylation is 1. The second-order valence-electron chi connectivity index (χ2n) is 9.86. The number of sulfonamides is 1. The molecule has 9 heteroatoms. The average molecular weight is 649 g/mol. The van der Waals surface area contributed by atoms with Gasteiger partial charge in [-0.2, -0.15) is 0 Å². The molecule has 0 spiro atoms. The molecule has 0 saturated carbocycles. The third kappa shape index (κ3) is 7.66. The van der Waals surface area contributed by atoms with E-state index < -0.39 is 28.5 Å². The van der Waals surface area contributed by atoms with Crippen LogP contribution in [0.5, 0.6) is 0 Å². The van der Waals surface area contributed by atoms with Crippen LogP contribution in [0, 0.1) is 6.92 Å². The molecule has 4 aromatic carbocycles. The maximum Gasteiger partial charge on any atom is 0.264 e. The minimum absolute atomic E-state index is 0.0741. The first-order valence-corrected chi connectivity index (χ1v) is 15.9. The van der Waals surface area contributed by atoms with Crippen molar-refractivity contribution >= 4 is 43.5 Å². The molecule has 0 bridgehead atoms. The second kappa shape index (κ2) is 14.3. The zero-order valence-electron chi connectivity index (χ0n) is 23.6. The van der Waals surface area contributed by atoms with Gasteiger partial charge < -0.3 is 10.2 Å². The molecule has 0 aliphatic rings. The SMILES string of the molecule is CCNC(=O)C(Cc1ccccc1)N(Cc1ccc(Br)cc1)C(=O)CN(c1ccccc1C)S(=O)(=O)c1ccccc1. The highest BCUT2D eigenvalue weighted by atomic mass is 79.9. The summed E-state index contributed by atoms with van der Waals surface area (Å²) in [6, 6.07) is 31.2. The molecule has 218 valence electrons. The Morgan fingerprint density at radius 1 is 0.810 bits per heavy atom. The monoisotopic (exact) mass is 647 g/mol. The number of carbonyl (C=O) groups excluding carboxylic acids is 2. The smallest absolute Gasteiger partial charge is 0.264 e. The van der Waals surface area contributed by atoms with Crippen LogP contribution in [0.4, 0.5) is 5.69 Å². The number of carbonyl (C=O) groups is 2. The number of amides is 2. The van der Waals surface area contributed by atoms with Crippen LogP contribution in [-0.4, -0.2) is 44.3 Å².